The molecule has 1 saturated carbocycles. The first kappa shape index (κ1) is 16.1. The lowest BCUT2D eigenvalue weighted by Gasteiger charge is -2.38. The molecule has 0 spiro atoms. The Morgan fingerprint density at radius 2 is 1.87 bits per heavy atom. The lowest BCUT2D eigenvalue weighted by Crippen LogP contribution is -2.49. The molecule has 0 aliphatic heterocycles. The zero-order valence-electron chi connectivity index (χ0n) is 14.6. The van der Waals surface area contributed by atoms with Gasteiger partial charge in [0.05, 0.1) is 11.2 Å². The maximum atomic E-state index is 4.45. The molecule has 2 aromatic rings. The Bertz CT molecular complexity index is 668. The van der Waals surface area contributed by atoms with E-state index in [-0.39, 0.29) is 5.54 Å². The average molecular weight is 313 g/mol. The van der Waals surface area contributed by atoms with Crippen molar-refractivity contribution < 1.29 is 0 Å². The number of aromatic nitrogens is 4. The van der Waals surface area contributed by atoms with Gasteiger partial charge in [0.15, 0.2) is 5.82 Å². The van der Waals surface area contributed by atoms with Crippen LogP contribution < -0.4 is 5.32 Å². The second-order valence-corrected chi connectivity index (χ2v) is 7.08. The fourth-order valence-electron chi connectivity index (χ4n) is 3.75. The van der Waals surface area contributed by atoms with E-state index < -0.39 is 0 Å². The molecule has 23 heavy (non-hydrogen) atoms. The molecular weight excluding hydrogens is 286 g/mol. The van der Waals surface area contributed by atoms with Crippen molar-refractivity contribution in [1.82, 2.24) is 25.5 Å². The van der Waals surface area contributed by atoms with Crippen molar-refractivity contribution in [2.24, 2.45) is 0 Å². The number of rotatable bonds is 4. The van der Waals surface area contributed by atoms with Crippen LogP contribution in [0, 0.1) is 13.8 Å². The van der Waals surface area contributed by atoms with Gasteiger partial charge in [-0.15, -0.1) is 5.10 Å². The van der Waals surface area contributed by atoms with Crippen LogP contribution in [-0.2, 0) is 5.54 Å². The smallest absolute Gasteiger partial charge is 0.176 e. The summed E-state index contributed by atoms with van der Waals surface area (Å²) in [5.41, 5.74) is 3.46. The summed E-state index contributed by atoms with van der Waals surface area (Å²) in [5, 5.41) is 16.6. The summed E-state index contributed by atoms with van der Waals surface area (Å²) in [5.74, 6) is 0.958. The molecule has 5 nitrogen and oxygen atoms in total. The van der Waals surface area contributed by atoms with Crippen LogP contribution in [0.2, 0.25) is 0 Å². The molecule has 0 unspecified atom stereocenters. The number of nitrogens with zero attached hydrogens (tertiary/aromatic N) is 4. The predicted molar refractivity (Wildman–Crippen MR) is 91.7 cm³/mol. The first-order chi connectivity index (χ1) is 11.0. The summed E-state index contributed by atoms with van der Waals surface area (Å²) in [6, 6.07) is 6.71. The molecule has 124 valence electrons. The third kappa shape index (κ3) is 3.02. The maximum Gasteiger partial charge on any atom is 0.176 e. The van der Waals surface area contributed by atoms with E-state index in [4.69, 9.17) is 0 Å². The van der Waals surface area contributed by atoms with Crippen molar-refractivity contribution in [3.8, 4) is 5.69 Å². The molecule has 0 bridgehead atoms. The van der Waals surface area contributed by atoms with Gasteiger partial charge < -0.3 is 5.32 Å². The van der Waals surface area contributed by atoms with E-state index in [0.29, 0.717) is 6.04 Å². The molecule has 5 heteroatoms. The first-order valence-corrected chi connectivity index (χ1v) is 8.67. The number of tetrazole rings is 1. The molecule has 1 aliphatic rings. The van der Waals surface area contributed by atoms with Crippen molar-refractivity contribution in [3.05, 3.63) is 35.2 Å². The highest BCUT2D eigenvalue weighted by Gasteiger charge is 2.39. The molecule has 1 N–H and O–H groups in total. The second kappa shape index (κ2) is 6.40. The third-order valence-corrected chi connectivity index (χ3v) is 4.97. The summed E-state index contributed by atoms with van der Waals surface area (Å²) < 4.78 is 1.95. The summed E-state index contributed by atoms with van der Waals surface area (Å²) in [4.78, 5) is 0. The van der Waals surface area contributed by atoms with Crippen molar-refractivity contribution in [2.75, 3.05) is 0 Å². The van der Waals surface area contributed by atoms with Crippen molar-refractivity contribution in [2.45, 2.75) is 71.4 Å². The van der Waals surface area contributed by atoms with Gasteiger partial charge >= 0.3 is 0 Å². The number of benzene rings is 1. The third-order valence-electron chi connectivity index (χ3n) is 4.97. The average Bonchev–Trinajstić information content (AvgIpc) is 3.00. The molecule has 1 aromatic carbocycles. The Hall–Kier alpha value is -1.75. The molecule has 0 saturated heterocycles. The topological polar surface area (TPSA) is 55.6 Å². The Kier molecular flexibility index (Phi) is 4.48. The van der Waals surface area contributed by atoms with Gasteiger partial charge in [-0.05, 0) is 68.2 Å². The Morgan fingerprint density at radius 3 is 2.57 bits per heavy atom. The maximum absolute atomic E-state index is 4.45. The zero-order valence-corrected chi connectivity index (χ0v) is 14.6. The van der Waals surface area contributed by atoms with Gasteiger partial charge in [-0.3, -0.25) is 0 Å². The lowest BCUT2D eigenvalue weighted by atomic mass is 9.80. The SMILES string of the molecule is Cc1cccc(-n2nnnc2C2(NC(C)C)CCCCC2)c1C. The minimum absolute atomic E-state index is 0.119. The van der Waals surface area contributed by atoms with Crippen LogP contribution in [0.3, 0.4) is 0 Å². The number of hydrogen-bond acceptors (Lipinski definition) is 4. The van der Waals surface area contributed by atoms with E-state index in [1.165, 1.54) is 30.4 Å². The fourth-order valence-corrected chi connectivity index (χ4v) is 3.75. The molecule has 0 atom stereocenters. The first-order valence-electron chi connectivity index (χ1n) is 8.67. The highest BCUT2D eigenvalue weighted by atomic mass is 15.6. The van der Waals surface area contributed by atoms with Crippen LogP contribution in [0.4, 0.5) is 0 Å². The Labute approximate surface area is 138 Å². The minimum Gasteiger partial charge on any atom is -0.302 e. The van der Waals surface area contributed by atoms with Crippen LogP contribution in [0.5, 0.6) is 0 Å². The molecular formula is C18H27N5. The van der Waals surface area contributed by atoms with E-state index in [1.807, 2.05) is 4.68 Å². The quantitative estimate of drug-likeness (QED) is 0.939. The Morgan fingerprint density at radius 1 is 1.13 bits per heavy atom. The van der Waals surface area contributed by atoms with Gasteiger partial charge in [-0.25, -0.2) is 0 Å². The molecule has 1 fully saturated rings. The molecule has 0 amide bonds. The molecule has 0 radical (unpaired) electrons. The Balaban J connectivity index is 2.09. The molecule has 1 aromatic heterocycles. The fraction of sp³-hybridized carbons (Fsp3) is 0.611. The summed E-state index contributed by atoms with van der Waals surface area (Å²) in [7, 11) is 0. The standard InChI is InChI=1S/C18H27N5/c1-13(2)19-18(11-6-5-7-12-18)17-20-21-22-23(17)16-10-8-9-14(3)15(16)4/h8-10,13,19H,5-7,11-12H2,1-4H3. The molecule has 1 aliphatic carbocycles. The van der Waals surface area contributed by atoms with Crippen LogP contribution >= 0.6 is 0 Å². The van der Waals surface area contributed by atoms with Crippen LogP contribution in [0.15, 0.2) is 18.2 Å². The van der Waals surface area contributed by atoms with Crippen LogP contribution in [0.25, 0.3) is 5.69 Å². The van der Waals surface area contributed by atoms with Crippen molar-refractivity contribution in [1.29, 1.82) is 0 Å². The van der Waals surface area contributed by atoms with Gasteiger partial charge in [-0.1, -0.05) is 31.4 Å². The lowest BCUT2D eigenvalue weighted by molar-refractivity contribution is 0.201. The molecule has 3 rings (SSSR count). The monoisotopic (exact) mass is 313 g/mol. The van der Waals surface area contributed by atoms with Crippen molar-refractivity contribution in [3.63, 3.8) is 0 Å². The largest absolute Gasteiger partial charge is 0.302 e. The normalized spacial score (nSPS) is 17.6. The minimum atomic E-state index is -0.119. The summed E-state index contributed by atoms with van der Waals surface area (Å²) in [6.45, 7) is 8.66. The highest BCUT2D eigenvalue weighted by Crippen LogP contribution is 2.37. The van der Waals surface area contributed by atoms with E-state index >= 15 is 0 Å². The number of nitrogens with one attached hydrogen (secondary N) is 1. The van der Waals surface area contributed by atoms with Crippen LogP contribution in [0.1, 0.15) is 62.9 Å². The van der Waals surface area contributed by atoms with E-state index in [2.05, 4.69) is 66.7 Å². The van der Waals surface area contributed by atoms with Gasteiger partial charge in [0.2, 0.25) is 0 Å². The van der Waals surface area contributed by atoms with E-state index in [9.17, 15) is 0 Å². The highest BCUT2D eigenvalue weighted by molar-refractivity contribution is 5.44. The number of hydrogen-bond donors (Lipinski definition) is 1. The van der Waals surface area contributed by atoms with E-state index in [0.717, 1.165) is 24.4 Å². The van der Waals surface area contributed by atoms with Gasteiger partial charge in [0.25, 0.3) is 0 Å². The second-order valence-electron chi connectivity index (χ2n) is 7.08. The van der Waals surface area contributed by atoms with E-state index in [1.54, 1.807) is 0 Å². The molecule has 1 heterocycles. The summed E-state index contributed by atoms with van der Waals surface area (Å²) in [6.07, 6.45) is 5.93. The summed E-state index contributed by atoms with van der Waals surface area (Å²) >= 11 is 0. The van der Waals surface area contributed by atoms with Gasteiger partial charge in [-0.2, -0.15) is 4.68 Å². The van der Waals surface area contributed by atoms with Crippen molar-refractivity contribution >= 4 is 0 Å². The van der Waals surface area contributed by atoms with Gasteiger partial charge in [0.1, 0.15) is 0 Å². The predicted octanol–water partition coefficient (Wildman–Crippen LogP) is 3.44. The number of aryl methyl sites for hydroxylation is 1. The zero-order chi connectivity index (χ0) is 16.4. The van der Waals surface area contributed by atoms with Gasteiger partial charge in [0, 0.05) is 6.04 Å². The van der Waals surface area contributed by atoms with Crippen LogP contribution in [-0.4, -0.2) is 26.2 Å².